The fourth-order valence-electron chi connectivity index (χ4n) is 6.95. The van der Waals surface area contributed by atoms with Crippen LogP contribution in [0.3, 0.4) is 0 Å². The molecule has 0 spiro atoms. The lowest BCUT2D eigenvalue weighted by atomic mass is 9.89. The van der Waals surface area contributed by atoms with Crippen LogP contribution in [-0.4, -0.2) is 51.6 Å². The minimum Gasteiger partial charge on any atom is -0.506 e. The monoisotopic (exact) mass is 690 g/mol. The summed E-state index contributed by atoms with van der Waals surface area (Å²) >= 11 is 0. The van der Waals surface area contributed by atoms with Gasteiger partial charge in [0.05, 0.1) is 23.9 Å². The minimum absolute atomic E-state index is 0.0398. The van der Waals surface area contributed by atoms with Crippen LogP contribution in [0.1, 0.15) is 61.3 Å². The number of nitrogens with zero attached hydrogens (tertiary/aromatic N) is 1. The predicted molar refractivity (Wildman–Crippen MR) is 200 cm³/mol. The van der Waals surface area contributed by atoms with Crippen molar-refractivity contribution in [3.05, 3.63) is 124 Å². The van der Waals surface area contributed by atoms with E-state index in [0.29, 0.717) is 29.6 Å². The van der Waals surface area contributed by atoms with Crippen molar-refractivity contribution in [1.29, 1.82) is 0 Å². The van der Waals surface area contributed by atoms with E-state index < -0.39 is 12.2 Å². The van der Waals surface area contributed by atoms with Gasteiger partial charge in [-0.15, -0.1) is 0 Å². The fourth-order valence-corrected chi connectivity index (χ4v) is 6.95. The lowest BCUT2D eigenvalue weighted by Crippen LogP contribution is -2.44. The van der Waals surface area contributed by atoms with Gasteiger partial charge in [0, 0.05) is 42.2 Å². The zero-order chi connectivity index (χ0) is 35.7. The van der Waals surface area contributed by atoms with Crippen LogP contribution < -0.4 is 26.2 Å². The van der Waals surface area contributed by atoms with Crippen molar-refractivity contribution < 1.29 is 24.9 Å². The van der Waals surface area contributed by atoms with Crippen molar-refractivity contribution in [2.75, 3.05) is 18.1 Å². The Bertz CT molecular complexity index is 1970. The number of hydrogen-bond acceptors (Lipinski definition) is 7. The lowest BCUT2D eigenvalue weighted by Gasteiger charge is -2.35. The number of amides is 1. The molecule has 1 aromatic heterocycles. The molecule has 1 fully saturated rings. The van der Waals surface area contributed by atoms with Crippen molar-refractivity contribution in [3.63, 3.8) is 0 Å². The standard InChI is InChI=1S/C41H46N4O6/c42-30-12-14-31(15-13-30)45(41(49)50)36-24-27(11-18-33(36)29-7-2-1-3-8-29)6-4-5-23-51-32-16-9-28(10-17-32)25-43-26-38(47)34-19-21-37(46)40-35(34)20-22-39(48)44-40/h1-3,7-11,16-22,24,30-31,38,43,46-47H,4-6,12-15,23,25-26,42H2,(H,44,48)(H,49,50)/t30-,31-,38-/m0/s1. The summed E-state index contributed by atoms with van der Waals surface area (Å²) in [6.07, 6.45) is 3.95. The highest BCUT2D eigenvalue weighted by atomic mass is 16.5. The number of anilines is 1. The molecule has 0 aliphatic heterocycles. The first-order chi connectivity index (χ1) is 24.8. The highest BCUT2D eigenvalue weighted by Gasteiger charge is 2.30. The number of carboxylic acid groups (broad SMARTS) is 1. The second kappa shape index (κ2) is 16.7. The van der Waals surface area contributed by atoms with Crippen LogP contribution in [0.2, 0.25) is 0 Å². The number of phenols is 1. The van der Waals surface area contributed by atoms with Gasteiger partial charge in [0.25, 0.3) is 0 Å². The van der Waals surface area contributed by atoms with Gasteiger partial charge in [-0.3, -0.25) is 9.69 Å². The van der Waals surface area contributed by atoms with Crippen LogP contribution in [-0.2, 0) is 13.0 Å². The lowest BCUT2D eigenvalue weighted by molar-refractivity contribution is 0.176. The van der Waals surface area contributed by atoms with E-state index in [4.69, 9.17) is 10.5 Å². The van der Waals surface area contributed by atoms with Gasteiger partial charge in [-0.1, -0.05) is 60.7 Å². The largest absolute Gasteiger partial charge is 0.506 e. The molecule has 4 aromatic carbocycles. The summed E-state index contributed by atoms with van der Waals surface area (Å²) in [4.78, 5) is 28.6. The first kappa shape index (κ1) is 35.7. The molecule has 5 aromatic rings. The Morgan fingerprint density at radius 3 is 2.41 bits per heavy atom. The molecule has 1 amide bonds. The maximum atomic E-state index is 12.7. The summed E-state index contributed by atoms with van der Waals surface area (Å²) in [5.74, 6) is 0.740. The number of nitrogens with one attached hydrogen (secondary N) is 2. The molecule has 1 heterocycles. The molecule has 1 aliphatic carbocycles. The number of rotatable bonds is 14. The van der Waals surface area contributed by atoms with Crippen molar-refractivity contribution in [3.8, 4) is 22.6 Å². The Hall–Kier alpha value is -5.16. The molecule has 51 heavy (non-hydrogen) atoms. The number of fused-ring (bicyclic) bond motifs is 1. The van der Waals surface area contributed by atoms with Gasteiger partial charge in [0.15, 0.2) is 0 Å². The molecule has 0 bridgehead atoms. The molecule has 7 N–H and O–H groups in total. The number of H-pyrrole nitrogens is 1. The third-order valence-corrected chi connectivity index (χ3v) is 9.70. The van der Waals surface area contributed by atoms with E-state index in [1.807, 2.05) is 60.7 Å². The van der Waals surface area contributed by atoms with Gasteiger partial charge in [-0.2, -0.15) is 0 Å². The number of phenolic OH excluding ortho intramolecular Hbond substituents is 1. The van der Waals surface area contributed by atoms with Gasteiger partial charge in [-0.25, -0.2) is 4.79 Å². The number of aromatic amines is 1. The summed E-state index contributed by atoms with van der Waals surface area (Å²) in [6.45, 7) is 1.40. The van der Waals surface area contributed by atoms with Crippen molar-refractivity contribution in [2.45, 2.75) is 69.7 Å². The topological polar surface area (TPSA) is 161 Å². The maximum absolute atomic E-state index is 12.7. The first-order valence-corrected chi connectivity index (χ1v) is 17.7. The number of aryl methyl sites for hydroxylation is 1. The third kappa shape index (κ3) is 8.96. The van der Waals surface area contributed by atoms with E-state index in [1.165, 1.54) is 12.1 Å². The maximum Gasteiger partial charge on any atom is 0.412 e. The molecule has 0 radical (unpaired) electrons. The minimum atomic E-state index is -0.931. The Kier molecular flexibility index (Phi) is 11.7. The van der Waals surface area contributed by atoms with Crippen molar-refractivity contribution in [1.82, 2.24) is 10.3 Å². The number of unbranched alkanes of at least 4 members (excludes halogenated alkanes) is 1. The van der Waals surface area contributed by atoms with Crippen LogP contribution in [0.25, 0.3) is 22.0 Å². The molecule has 10 heteroatoms. The molecule has 266 valence electrons. The smallest absolute Gasteiger partial charge is 0.412 e. The fraction of sp³-hybridized carbons (Fsp3) is 0.317. The van der Waals surface area contributed by atoms with E-state index in [-0.39, 0.29) is 29.9 Å². The highest BCUT2D eigenvalue weighted by molar-refractivity contribution is 5.94. The molecule has 6 rings (SSSR count). The molecule has 1 saturated carbocycles. The van der Waals surface area contributed by atoms with Gasteiger partial charge < -0.3 is 36.1 Å². The zero-order valence-electron chi connectivity index (χ0n) is 28.6. The molecule has 10 nitrogen and oxygen atoms in total. The molecule has 1 atom stereocenters. The third-order valence-electron chi connectivity index (χ3n) is 9.70. The number of ether oxygens (including phenoxy) is 1. The molecule has 0 saturated heterocycles. The average Bonchev–Trinajstić information content (AvgIpc) is 3.13. The number of aliphatic hydroxyl groups excluding tert-OH is 1. The summed E-state index contributed by atoms with van der Waals surface area (Å²) in [5, 5.41) is 35.2. The quantitative estimate of drug-likeness (QED) is 0.0688. The molecular weight excluding hydrogens is 644 g/mol. The predicted octanol–water partition coefficient (Wildman–Crippen LogP) is 6.88. The summed E-state index contributed by atoms with van der Waals surface area (Å²) in [6, 6.07) is 30.2. The number of carbonyl (C=O) groups is 1. The second-order valence-corrected chi connectivity index (χ2v) is 13.3. The number of aliphatic hydroxyl groups is 1. The Labute approximate surface area is 297 Å². The highest BCUT2D eigenvalue weighted by Crippen LogP contribution is 2.36. The van der Waals surface area contributed by atoms with Crippen LogP contribution >= 0.6 is 0 Å². The Balaban J connectivity index is 0.994. The number of pyridine rings is 1. The first-order valence-electron chi connectivity index (χ1n) is 17.7. The Morgan fingerprint density at radius 1 is 0.922 bits per heavy atom. The van der Waals surface area contributed by atoms with E-state index in [0.717, 1.165) is 78.6 Å². The number of nitrogens with two attached hydrogens (primary N) is 1. The van der Waals surface area contributed by atoms with Gasteiger partial charge in [-0.05, 0) is 97.5 Å². The summed E-state index contributed by atoms with van der Waals surface area (Å²) < 4.78 is 6.01. The van der Waals surface area contributed by atoms with Crippen LogP contribution in [0, 0.1) is 0 Å². The molecule has 1 aliphatic rings. The van der Waals surface area contributed by atoms with Crippen molar-refractivity contribution in [2.24, 2.45) is 5.73 Å². The number of aromatic nitrogens is 1. The second-order valence-electron chi connectivity index (χ2n) is 13.3. The normalized spacial score (nSPS) is 16.5. The van der Waals surface area contributed by atoms with E-state index in [1.54, 1.807) is 17.0 Å². The molecular formula is C41H46N4O6. The summed E-state index contributed by atoms with van der Waals surface area (Å²) in [7, 11) is 0. The summed E-state index contributed by atoms with van der Waals surface area (Å²) in [5.41, 5.74) is 11.5. The number of benzene rings is 4. The van der Waals surface area contributed by atoms with Gasteiger partial charge in [0.1, 0.15) is 11.5 Å². The number of aromatic hydroxyl groups is 1. The van der Waals surface area contributed by atoms with Crippen molar-refractivity contribution >= 4 is 22.7 Å². The van der Waals surface area contributed by atoms with E-state index in [9.17, 15) is 24.9 Å². The zero-order valence-corrected chi connectivity index (χ0v) is 28.6. The van der Waals surface area contributed by atoms with E-state index >= 15 is 0 Å². The van der Waals surface area contributed by atoms with Crippen LogP contribution in [0.15, 0.2) is 102 Å². The number of hydrogen-bond donors (Lipinski definition) is 6. The SMILES string of the molecule is N[C@H]1CC[C@H](N(C(=O)O)c2cc(CCCCOc3ccc(CNC[C@H](O)c4ccc(O)c5[nH]c(=O)ccc45)cc3)ccc2-c2ccccc2)CC1. The van der Waals surface area contributed by atoms with Crippen LogP contribution in [0.4, 0.5) is 10.5 Å². The average molecular weight is 691 g/mol. The van der Waals surface area contributed by atoms with Gasteiger partial charge >= 0.3 is 6.09 Å². The van der Waals surface area contributed by atoms with Crippen LogP contribution in [0.5, 0.6) is 11.5 Å². The molecule has 0 unspecified atom stereocenters. The Morgan fingerprint density at radius 2 is 1.67 bits per heavy atom. The van der Waals surface area contributed by atoms with Gasteiger partial charge in [0.2, 0.25) is 5.56 Å². The van der Waals surface area contributed by atoms with E-state index in [2.05, 4.69) is 22.4 Å².